The summed E-state index contributed by atoms with van der Waals surface area (Å²) in [6.07, 6.45) is 6.63. The Hall–Kier alpha value is -2.32. The minimum absolute atomic E-state index is 0.231. The summed E-state index contributed by atoms with van der Waals surface area (Å²) < 4.78 is 7.40. The Morgan fingerprint density at radius 1 is 1.44 bits per heavy atom. The van der Waals surface area contributed by atoms with Crippen molar-refractivity contribution in [1.82, 2.24) is 9.55 Å². The van der Waals surface area contributed by atoms with E-state index >= 15 is 0 Å². The molecule has 0 saturated heterocycles. The molecule has 1 unspecified atom stereocenters. The number of ether oxygens (including phenoxy) is 1. The van der Waals surface area contributed by atoms with Crippen molar-refractivity contribution in [3.05, 3.63) is 52.9 Å². The number of fused-ring (bicyclic) bond motifs is 1. The van der Waals surface area contributed by atoms with Gasteiger partial charge in [-0.2, -0.15) is 0 Å². The molecule has 1 atom stereocenters. The summed E-state index contributed by atoms with van der Waals surface area (Å²) in [4.78, 5) is 14.7. The highest BCUT2D eigenvalue weighted by molar-refractivity contribution is 5.47. The van der Waals surface area contributed by atoms with E-state index in [1.807, 2.05) is 28.8 Å². The second-order valence-electron chi connectivity index (χ2n) is 3.52. The van der Waals surface area contributed by atoms with Crippen LogP contribution in [0.1, 0.15) is 11.8 Å². The van der Waals surface area contributed by atoms with Crippen LogP contribution in [0.25, 0.3) is 6.26 Å². The number of nitrogens with zero attached hydrogens (tertiary/aromatic N) is 2. The molecule has 0 N–H and O–H groups in total. The van der Waals surface area contributed by atoms with Crippen molar-refractivity contribution in [3.8, 4) is 0 Å². The Morgan fingerprint density at radius 3 is 3.12 bits per heavy atom. The topological polar surface area (TPSA) is 44.1 Å². The molecule has 2 aromatic heterocycles. The Labute approximate surface area is 91.1 Å². The minimum atomic E-state index is -0.231. The lowest BCUT2D eigenvalue weighted by atomic mass is 10.2. The van der Waals surface area contributed by atoms with Gasteiger partial charge in [0.2, 0.25) is 6.23 Å². The van der Waals surface area contributed by atoms with Crippen molar-refractivity contribution in [2.45, 2.75) is 6.23 Å². The number of hydrogen-bond donors (Lipinski definition) is 0. The van der Waals surface area contributed by atoms with Crippen LogP contribution >= 0.6 is 0 Å². The first-order valence-electron chi connectivity index (χ1n) is 4.88. The van der Waals surface area contributed by atoms with Gasteiger partial charge in [0, 0.05) is 24.2 Å². The Balaban J connectivity index is 2.15. The average Bonchev–Trinajstić information content (AvgIpc) is 2.90. The maximum atomic E-state index is 10.6. The molecule has 0 saturated carbocycles. The first kappa shape index (κ1) is 8.95. The van der Waals surface area contributed by atoms with E-state index < -0.39 is 0 Å². The third-order valence-electron chi connectivity index (χ3n) is 2.60. The number of pyridine rings is 1. The van der Waals surface area contributed by atoms with E-state index in [0.717, 1.165) is 10.9 Å². The van der Waals surface area contributed by atoms with Gasteiger partial charge in [-0.25, -0.2) is 4.79 Å². The molecule has 0 aliphatic carbocycles. The normalized spacial score (nSPS) is 17.1. The molecule has 0 amide bonds. The fourth-order valence-corrected chi connectivity index (χ4v) is 1.83. The van der Waals surface area contributed by atoms with Crippen molar-refractivity contribution in [2.24, 2.45) is 0 Å². The highest BCUT2D eigenvalue weighted by Crippen LogP contribution is 2.19. The number of aromatic nitrogens is 2. The van der Waals surface area contributed by atoms with Crippen LogP contribution in [0.2, 0.25) is 0 Å². The molecule has 3 rings (SSSR count). The first-order chi connectivity index (χ1) is 7.90. The van der Waals surface area contributed by atoms with Crippen LogP contribution < -0.4 is 10.6 Å². The van der Waals surface area contributed by atoms with Gasteiger partial charge in [-0.1, -0.05) is 6.07 Å². The molecule has 4 nitrogen and oxygen atoms in total. The highest BCUT2D eigenvalue weighted by atomic mass is 16.5. The molecule has 78 valence electrons. The van der Waals surface area contributed by atoms with Crippen LogP contribution in [-0.4, -0.2) is 15.5 Å². The molecule has 16 heavy (non-hydrogen) atoms. The van der Waals surface area contributed by atoms with Gasteiger partial charge >= 0.3 is 0 Å². The van der Waals surface area contributed by atoms with Crippen molar-refractivity contribution >= 4 is 12.2 Å². The lowest BCUT2D eigenvalue weighted by Crippen LogP contribution is -2.27. The monoisotopic (exact) mass is 212 g/mol. The minimum Gasteiger partial charge on any atom is -0.471 e. The second-order valence-corrected chi connectivity index (χ2v) is 3.52. The van der Waals surface area contributed by atoms with Gasteiger partial charge in [-0.15, -0.1) is 0 Å². The van der Waals surface area contributed by atoms with Crippen LogP contribution in [0, 0.1) is 0 Å². The van der Waals surface area contributed by atoms with E-state index in [1.54, 1.807) is 24.7 Å². The number of rotatable bonds is 1. The van der Waals surface area contributed by atoms with E-state index in [0.29, 0.717) is 5.22 Å². The van der Waals surface area contributed by atoms with Crippen LogP contribution in [0.5, 0.6) is 0 Å². The summed E-state index contributed by atoms with van der Waals surface area (Å²) in [5.41, 5.74) is 0.950. The first-order valence-corrected chi connectivity index (χ1v) is 4.88. The van der Waals surface area contributed by atoms with Crippen LogP contribution in [0.3, 0.4) is 0 Å². The van der Waals surface area contributed by atoms with Crippen LogP contribution in [0.15, 0.2) is 36.8 Å². The van der Waals surface area contributed by atoms with E-state index in [2.05, 4.69) is 4.98 Å². The number of carbonyl (C=O) groups excluding carboxylic acids is 1. The summed E-state index contributed by atoms with van der Waals surface area (Å²) in [6, 6.07) is 5.52. The molecule has 3 heterocycles. The van der Waals surface area contributed by atoms with Gasteiger partial charge in [0.05, 0.1) is 10.6 Å². The average molecular weight is 212 g/mol. The van der Waals surface area contributed by atoms with Gasteiger partial charge in [0.1, 0.15) is 12.2 Å². The Kier molecular flexibility index (Phi) is 1.88. The lowest BCUT2D eigenvalue weighted by molar-refractivity contribution is 0.173. The maximum Gasteiger partial charge on any atom is 0.203 e. The quantitative estimate of drug-likeness (QED) is 0.652. The third-order valence-corrected chi connectivity index (χ3v) is 2.60. The zero-order valence-corrected chi connectivity index (χ0v) is 8.33. The molecule has 0 radical (unpaired) electrons. The fourth-order valence-electron chi connectivity index (χ4n) is 1.83. The maximum absolute atomic E-state index is 10.6. The molecule has 0 fully saturated rings. The standard InChI is InChI=1S/C12H8N2O2/c15-7-10-3-5-14-11(10)8-16-12(14)9-2-1-4-13-6-9/h1-6,8,12H. The van der Waals surface area contributed by atoms with Crippen molar-refractivity contribution < 1.29 is 9.53 Å². The molecule has 2 aromatic rings. The largest absolute Gasteiger partial charge is 0.471 e. The van der Waals surface area contributed by atoms with Gasteiger partial charge in [-0.3, -0.25) is 4.98 Å². The summed E-state index contributed by atoms with van der Waals surface area (Å²) in [5, 5.41) is 1.27. The Morgan fingerprint density at radius 2 is 2.38 bits per heavy atom. The molecular formula is C12H8N2O2. The van der Waals surface area contributed by atoms with Gasteiger partial charge < -0.3 is 9.30 Å². The van der Waals surface area contributed by atoms with Crippen LogP contribution in [-0.2, 0) is 9.53 Å². The molecule has 1 aliphatic heterocycles. The van der Waals surface area contributed by atoms with E-state index in [4.69, 9.17) is 4.74 Å². The third kappa shape index (κ3) is 1.17. The second kappa shape index (κ2) is 3.36. The molecule has 4 heteroatoms. The van der Waals surface area contributed by atoms with Crippen molar-refractivity contribution in [1.29, 1.82) is 0 Å². The molecular weight excluding hydrogens is 204 g/mol. The number of hydrogen-bond acceptors (Lipinski definition) is 3. The van der Waals surface area contributed by atoms with E-state index in [1.165, 1.54) is 0 Å². The zero-order valence-electron chi connectivity index (χ0n) is 8.33. The van der Waals surface area contributed by atoms with Crippen molar-refractivity contribution in [2.75, 3.05) is 0 Å². The highest BCUT2D eigenvalue weighted by Gasteiger charge is 2.19. The smallest absolute Gasteiger partial charge is 0.203 e. The fraction of sp³-hybridized carbons (Fsp3) is 0.0833. The molecule has 0 spiro atoms. The Bertz CT molecular complexity index is 654. The summed E-state index contributed by atoms with van der Waals surface area (Å²) >= 11 is 0. The van der Waals surface area contributed by atoms with Crippen LogP contribution in [0.4, 0.5) is 0 Å². The van der Waals surface area contributed by atoms with Crippen molar-refractivity contribution in [3.63, 3.8) is 0 Å². The SMILES string of the molecule is O=C=c1ccn2c1=COC2c1cccnc1. The van der Waals surface area contributed by atoms with Gasteiger partial charge in [0.15, 0.2) is 0 Å². The summed E-state index contributed by atoms with van der Waals surface area (Å²) in [7, 11) is 0. The van der Waals surface area contributed by atoms with E-state index in [9.17, 15) is 4.79 Å². The van der Waals surface area contributed by atoms with E-state index in [-0.39, 0.29) is 6.23 Å². The molecule has 0 bridgehead atoms. The molecule has 1 aliphatic rings. The predicted octanol–water partition coefficient (Wildman–Crippen LogP) is -0.299. The summed E-state index contributed by atoms with van der Waals surface area (Å²) in [5.74, 6) is 1.88. The molecule has 0 aromatic carbocycles. The lowest BCUT2D eigenvalue weighted by Gasteiger charge is -2.12. The van der Waals surface area contributed by atoms with Gasteiger partial charge in [-0.05, 0) is 12.1 Å². The zero-order chi connectivity index (χ0) is 11.0. The summed E-state index contributed by atoms with van der Waals surface area (Å²) in [6.45, 7) is 0. The predicted molar refractivity (Wildman–Crippen MR) is 56.4 cm³/mol. The van der Waals surface area contributed by atoms with Gasteiger partial charge in [0.25, 0.3) is 0 Å².